The van der Waals surface area contributed by atoms with E-state index in [2.05, 4.69) is 30.4 Å². The zero-order valence-corrected chi connectivity index (χ0v) is 18.9. The summed E-state index contributed by atoms with van der Waals surface area (Å²) >= 11 is 0. The Morgan fingerprint density at radius 1 is 1.00 bits per heavy atom. The van der Waals surface area contributed by atoms with E-state index in [9.17, 15) is 8.78 Å². The molecular weight excluding hydrogens is 452 g/mol. The zero-order valence-electron chi connectivity index (χ0n) is 18.9. The van der Waals surface area contributed by atoms with Crippen molar-refractivity contribution in [2.24, 2.45) is 13.0 Å². The van der Waals surface area contributed by atoms with Gasteiger partial charge in [0, 0.05) is 36.3 Å². The first-order valence-electron chi connectivity index (χ1n) is 11.4. The van der Waals surface area contributed by atoms with Crippen molar-refractivity contribution in [2.75, 3.05) is 22.5 Å². The molecule has 2 fully saturated rings. The number of benzene rings is 1. The molecule has 0 radical (unpaired) electrons. The third-order valence-corrected chi connectivity index (χ3v) is 6.39. The number of rotatable bonds is 6. The molecule has 0 bridgehead atoms. The number of hydrogen-bond donors (Lipinski definition) is 2. The molecule has 1 aliphatic carbocycles. The van der Waals surface area contributed by atoms with E-state index in [0.717, 1.165) is 29.8 Å². The van der Waals surface area contributed by atoms with Crippen LogP contribution in [0.15, 0.2) is 54.9 Å². The second kappa shape index (κ2) is 7.97. The smallest absolute Gasteiger partial charge is 0.285 e. The molecule has 1 unspecified atom stereocenters. The van der Waals surface area contributed by atoms with Crippen molar-refractivity contribution in [3.63, 3.8) is 0 Å². The van der Waals surface area contributed by atoms with Crippen molar-refractivity contribution in [2.45, 2.75) is 24.8 Å². The summed E-state index contributed by atoms with van der Waals surface area (Å²) in [5.41, 5.74) is 8.87. The molecule has 1 saturated carbocycles. The fourth-order valence-electron chi connectivity index (χ4n) is 4.46. The van der Waals surface area contributed by atoms with Crippen molar-refractivity contribution in [3.8, 4) is 22.6 Å². The second-order valence-electron chi connectivity index (χ2n) is 8.96. The van der Waals surface area contributed by atoms with E-state index in [1.807, 2.05) is 30.3 Å². The van der Waals surface area contributed by atoms with E-state index >= 15 is 0 Å². The molecule has 35 heavy (non-hydrogen) atoms. The highest BCUT2D eigenvalue weighted by Crippen LogP contribution is 2.49. The molecule has 1 saturated heterocycles. The lowest BCUT2D eigenvalue weighted by atomic mass is 9.93. The summed E-state index contributed by atoms with van der Waals surface area (Å²) in [4.78, 5) is 18.9. The molecule has 0 spiro atoms. The molecule has 178 valence electrons. The first-order valence-corrected chi connectivity index (χ1v) is 11.4. The predicted molar refractivity (Wildman–Crippen MR) is 128 cm³/mol. The fourth-order valence-corrected chi connectivity index (χ4v) is 4.46. The standard InChI is InChI=1S/C24H23F2N9/c1-34-23(30-17-7-4-14(5-8-17)18-10-11-28-22(27)31-18)32-21(33-34)16-6-9-19(29-12-16)35-13-24(25,26)20(35)15-2-3-15/h4-12,15,20H,2-3,13H2,1H3,(H2,27,28,31)(H,30,32,33). The van der Waals surface area contributed by atoms with Crippen LogP contribution in [0.4, 0.5) is 32.2 Å². The van der Waals surface area contributed by atoms with Crippen molar-refractivity contribution in [3.05, 3.63) is 54.9 Å². The Morgan fingerprint density at radius 3 is 2.43 bits per heavy atom. The van der Waals surface area contributed by atoms with Crippen molar-refractivity contribution in [1.82, 2.24) is 29.7 Å². The first kappa shape index (κ1) is 21.4. The molecule has 4 heterocycles. The second-order valence-corrected chi connectivity index (χ2v) is 8.96. The number of aromatic nitrogens is 6. The maximum Gasteiger partial charge on any atom is 0.285 e. The third-order valence-electron chi connectivity index (χ3n) is 6.39. The monoisotopic (exact) mass is 475 g/mol. The minimum Gasteiger partial charge on any atom is -0.368 e. The maximum atomic E-state index is 14.0. The molecule has 1 atom stereocenters. The highest BCUT2D eigenvalue weighted by molar-refractivity contribution is 5.66. The van der Waals surface area contributed by atoms with Gasteiger partial charge in [0.05, 0.1) is 18.3 Å². The normalized spacial score (nSPS) is 18.8. The quantitative estimate of drug-likeness (QED) is 0.432. The van der Waals surface area contributed by atoms with E-state index in [0.29, 0.717) is 23.2 Å². The van der Waals surface area contributed by atoms with Gasteiger partial charge >= 0.3 is 0 Å². The number of aryl methyl sites for hydroxylation is 1. The highest BCUT2D eigenvalue weighted by atomic mass is 19.3. The molecule has 9 nitrogen and oxygen atoms in total. The van der Waals surface area contributed by atoms with Gasteiger partial charge in [-0.05, 0) is 49.1 Å². The van der Waals surface area contributed by atoms with E-state index in [1.165, 1.54) is 0 Å². The van der Waals surface area contributed by atoms with Gasteiger partial charge in [0.15, 0.2) is 5.82 Å². The molecule has 1 aliphatic heterocycles. The average Bonchev–Trinajstić information content (AvgIpc) is 3.59. The molecule has 0 amide bonds. The van der Waals surface area contributed by atoms with E-state index in [1.54, 1.807) is 41.2 Å². The van der Waals surface area contributed by atoms with Crippen LogP contribution in [-0.4, -0.2) is 48.2 Å². The number of pyridine rings is 1. The highest BCUT2D eigenvalue weighted by Gasteiger charge is 2.60. The van der Waals surface area contributed by atoms with Crippen LogP contribution in [0.3, 0.4) is 0 Å². The molecular formula is C24H23F2N9. The fraction of sp³-hybridized carbons (Fsp3) is 0.292. The number of halogens is 2. The lowest BCUT2D eigenvalue weighted by Crippen LogP contribution is -2.66. The first-order chi connectivity index (χ1) is 16.9. The van der Waals surface area contributed by atoms with E-state index in [4.69, 9.17) is 5.73 Å². The van der Waals surface area contributed by atoms with Crippen LogP contribution in [0.25, 0.3) is 22.6 Å². The van der Waals surface area contributed by atoms with Gasteiger partial charge in [0.25, 0.3) is 5.92 Å². The van der Waals surface area contributed by atoms with Gasteiger partial charge in [-0.15, -0.1) is 5.10 Å². The summed E-state index contributed by atoms with van der Waals surface area (Å²) in [6.07, 6.45) is 4.98. The third kappa shape index (κ3) is 4.02. The SMILES string of the molecule is Cn1nc(-c2ccc(N3CC(F)(F)C3C3CC3)nc2)nc1Nc1ccc(-c2ccnc(N)n2)cc1. The van der Waals surface area contributed by atoms with Gasteiger partial charge in [-0.3, -0.25) is 0 Å². The van der Waals surface area contributed by atoms with E-state index in [-0.39, 0.29) is 18.4 Å². The molecule has 1 aromatic carbocycles. The Hall–Kier alpha value is -4.15. The Labute approximate surface area is 200 Å². The van der Waals surface area contributed by atoms with Crippen LogP contribution in [0.1, 0.15) is 12.8 Å². The number of nitrogens with two attached hydrogens (primary N) is 1. The lowest BCUT2D eigenvalue weighted by Gasteiger charge is -2.48. The van der Waals surface area contributed by atoms with Gasteiger partial charge in [-0.1, -0.05) is 12.1 Å². The number of nitrogens with one attached hydrogen (secondary N) is 1. The molecule has 4 aromatic rings. The Kier molecular flexibility index (Phi) is 4.87. The average molecular weight is 476 g/mol. The Bertz CT molecular complexity index is 1360. The minimum absolute atomic E-state index is 0.0690. The van der Waals surface area contributed by atoms with Crippen molar-refractivity contribution < 1.29 is 8.78 Å². The topological polar surface area (TPSA) is 111 Å². The number of hydrogen-bond acceptors (Lipinski definition) is 8. The summed E-state index contributed by atoms with van der Waals surface area (Å²) < 4.78 is 29.7. The maximum absolute atomic E-state index is 14.0. The predicted octanol–water partition coefficient (Wildman–Crippen LogP) is 3.89. The zero-order chi connectivity index (χ0) is 24.2. The summed E-state index contributed by atoms with van der Waals surface area (Å²) in [5.74, 6) is -0.722. The van der Waals surface area contributed by atoms with Crippen LogP contribution in [-0.2, 0) is 7.05 Å². The van der Waals surface area contributed by atoms with Gasteiger partial charge in [0.2, 0.25) is 11.9 Å². The van der Waals surface area contributed by atoms with Gasteiger partial charge < -0.3 is 16.0 Å². The molecule has 3 N–H and O–H groups in total. The van der Waals surface area contributed by atoms with Crippen LogP contribution in [0.5, 0.6) is 0 Å². The van der Waals surface area contributed by atoms with Crippen molar-refractivity contribution >= 4 is 23.4 Å². The van der Waals surface area contributed by atoms with Gasteiger partial charge in [0.1, 0.15) is 5.82 Å². The molecule has 2 aliphatic rings. The molecule has 3 aromatic heterocycles. The van der Waals surface area contributed by atoms with Gasteiger partial charge in [-0.2, -0.15) is 4.98 Å². The number of anilines is 4. The number of alkyl halides is 2. The Morgan fingerprint density at radius 2 is 1.77 bits per heavy atom. The molecule has 6 rings (SSSR count). The van der Waals surface area contributed by atoms with Crippen LogP contribution in [0, 0.1) is 5.92 Å². The van der Waals surface area contributed by atoms with Crippen molar-refractivity contribution in [1.29, 1.82) is 0 Å². The molecule has 11 heteroatoms. The largest absolute Gasteiger partial charge is 0.368 e. The van der Waals surface area contributed by atoms with Crippen LogP contribution in [0.2, 0.25) is 0 Å². The summed E-state index contributed by atoms with van der Waals surface area (Å²) in [7, 11) is 1.79. The summed E-state index contributed by atoms with van der Waals surface area (Å²) in [6.45, 7) is -0.278. The number of nitrogens with zero attached hydrogens (tertiary/aromatic N) is 7. The van der Waals surface area contributed by atoms with Gasteiger partial charge in [-0.25, -0.2) is 28.4 Å². The van der Waals surface area contributed by atoms with E-state index < -0.39 is 12.0 Å². The summed E-state index contributed by atoms with van der Waals surface area (Å²) in [5, 5.41) is 7.73. The van der Waals surface area contributed by atoms with Crippen LogP contribution < -0.4 is 16.0 Å². The minimum atomic E-state index is -2.63. The lowest BCUT2D eigenvalue weighted by molar-refractivity contribution is -0.0780. The number of nitrogen functional groups attached to an aromatic ring is 1. The Balaban J connectivity index is 1.16. The van der Waals surface area contributed by atoms with Crippen LogP contribution >= 0.6 is 0 Å². The summed E-state index contributed by atoms with van der Waals surface area (Å²) in [6, 6.07) is 12.3.